The molecule has 0 amide bonds. The second kappa shape index (κ2) is 6.06. The normalized spacial score (nSPS) is 15.3. The third kappa shape index (κ3) is 3.70. The van der Waals surface area contributed by atoms with Gasteiger partial charge in [-0.3, -0.25) is 4.79 Å². The van der Waals surface area contributed by atoms with Crippen molar-refractivity contribution >= 4 is 5.97 Å². The van der Waals surface area contributed by atoms with E-state index in [4.69, 9.17) is 9.84 Å². The van der Waals surface area contributed by atoms with E-state index in [0.717, 1.165) is 18.6 Å². The zero-order valence-corrected chi connectivity index (χ0v) is 11.6. The van der Waals surface area contributed by atoms with Crippen LogP contribution in [0.3, 0.4) is 0 Å². The molecule has 1 atom stereocenters. The van der Waals surface area contributed by atoms with Crippen molar-refractivity contribution in [3.05, 3.63) is 29.3 Å². The van der Waals surface area contributed by atoms with Gasteiger partial charge in [0.2, 0.25) is 0 Å². The number of benzene rings is 1. The Bertz CT molecular complexity index is 457. The van der Waals surface area contributed by atoms with Gasteiger partial charge in [-0.05, 0) is 56.6 Å². The quantitative estimate of drug-likeness (QED) is 0.852. The standard InChI is InChI=1S/C15H21NO3/c1-16(2)13(9-15(17)18)10-19-14-7-6-11-4-3-5-12(11)8-14/h6-8,13H,3-5,9-10H2,1-2H3,(H,17,18). The number of aryl methyl sites for hydroxylation is 2. The maximum Gasteiger partial charge on any atom is 0.305 e. The smallest absolute Gasteiger partial charge is 0.305 e. The number of carbonyl (C=O) groups is 1. The summed E-state index contributed by atoms with van der Waals surface area (Å²) in [6.07, 6.45) is 3.60. The van der Waals surface area contributed by atoms with Gasteiger partial charge in [0, 0.05) is 0 Å². The fraction of sp³-hybridized carbons (Fsp3) is 0.533. The van der Waals surface area contributed by atoms with Crippen LogP contribution in [-0.4, -0.2) is 42.7 Å². The van der Waals surface area contributed by atoms with E-state index in [2.05, 4.69) is 12.1 Å². The number of aliphatic carboxylic acids is 1. The third-order valence-electron chi connectivity index (χ3n) is 3.65. The van der Waals surface area contributed by atoms with Crippen molar-refractivity contribution in [1.82, 2.24) is 4.90 Å². The summed E-state index contributed by atoms with van der Waals surface area (Å²) in [5.41, 5.74) is 2.79. The predicted octanol–water partition coefficient (Wildman–Crippen LogP) is 1.96. The highest BCUT2D eigenvalue weighted by Gasteiger charge is 2.17. The molecule has 1 aromatic carbocycles. The summed E-state index contributed by atoms with van der Waals surface area (Å²) in [5, 5.41) is 8.87. The average Bonchev–Trinajstić information content (AvgIpc) is 2.80. The van der Waals surface area contributed by atoms with Crippen LogP contribution in [0.5, 0.6) is 5.75 Å². The van der Waals surface area contributed by atoms with Gasteiger partial charge in [-0.25, -0.2) is 0 Å². The molecule has 1 aromatic rings. The summed E-state index contributed by atoms with van der Waals surface area (Å²) < 4.78 is 5.75. The lowest BCUT2D eigenvalue weighted by atomic mass is 10.1. The molecule has 0 saturated heterocycles. The van der Waals surface area contributed by atoms with Gasteiger partial charge in [0.25, 0.3) is 0 Å². The molecule has 0 aromatic heterocycles. The minimum absolute atomic E-state index is 0.0952. The van der Waals surface area contributed by atoms with Crippen LogP contribution in [0.1, 0.15) is 24.0 Å². The van der Waals surface area contributed by atoms with E-state index in [1.165, 1.54) is 17.5 Å². The second-order valence-corrected chi connectivity index (χ2v) is 5.31. The molecule has 0 aliphatic heterocycles. The Hall–Kier alpha value is -1.55. The Morgan fingerprint density at radius 2 is 2.11 bits per heavy atom. The van der Waals surface area contributed by atoms with Crippen molar-refractivity contribution < 1.29 is 14.6 Å². The van der Waals surface area contributed by atoms with Gasteiger partial charge in [0.1, 0.15) is 12.4 Å². The first kappa shape index (κ1) is 13.9. The van der Waals surface area contributed by atoms with E-state index >= 15 is 0 Å². The maximum absolute atomic E-state index is 10.8. The maximum atomic E-state index is 10.8. The van der Waals surface area contributed by atoms with Crippen molar-refractivity contribution in [2.45, 2.75) is 31.7 Å². The van der Waals surface area contributed by atoms with Crippen LogP contribution < -0.4 is 4.74 Å². The van der Waals surface area contributed by atoms with Crippen molar-refractivity contribution in [1.29, 1.82) is 0 Å². The Morgan fingerprint density at radius 1 is 1.37 bits per heavy atom. The Labute approximate surface area is 114 Å². The van der Waals surface area contributed by atoms with Crippen molar-refractivity contribution in [3.8, 4) is 5.75 Å². The van der Waals surface area contributed by atoms with E-state index in [1.807, 2.05) is 25.1 Å². The number of fused-ring (bicyclic) bond motifs is 1. The van der Waals surface area contributed by atoms with Crippen LogP contribution in [0.15, 0.2) is 18.2 Å². The zero-order chi connectivity index (χ0) is 13.8. The molecule has 2 rings (SSSR count). The van der Waals surface area contributed by atoms with Gasteiger partial charge in [-0.1, -0.05) is 6.07 Å². The van der Waals surface area contributed by atoms with Crippen LogP contribution in [0, 0.1) is 0 Å². The number of hydrogen-bond donors (Lipinski definition) is 1. The monoisotopic (exact) mass is 263 g/mol. The predicted molar refractivity (Wildman–Crippen MR) is 73.7 cm³/mol. The molecule has 1 N–H and O–H groups in total. The number of ether oxygens (including phenoxy) is 1. The van der Waals surface area contributed by atoms with Crippen LogP contribution in [0.4, 0.5) is 0 Å². The number of carboxylic acid groups (broad SMARTS) is 1. The highest BCUT2D eigenvalue weighted by molar-refractivity contribution is 5.67. The molecular weight excluding hydrogens is 242 g/mol. The van der Waals surface area contributed by atoms with Crippen LogP contribution in [-0.2, 0) is 17.6 Å². The van der Waals surface area contributed by atoms with E-state index < -0.39 is 5.97 Å². The summed E-state index contributed by atoms with van der Waals surface area (Å²) in [4.78, 5) is 12.7. The third-order valence-corrected chi connectivity index (χ3v) is 3.65. The molecule has 4 heteroatoms. The lowest BCUT2D eigenvalue weighted by Gasteiger charge is -2.23. The topological polar surface area (TPSA) is 49.8 Å². The number of carboxylic acids is 1. The van der Waals surface area contributed by atoms with Crippen LogP contribution in [0.2, 0.25) is 0 Å². The number of rotatable bonds is 6. The molecule has 0 bridgehead atoms. The summed E-state index contributed by atoms with van der Waals surface area (Å²) >= 11 is 0. The molecule has 0 spiro atoms. The van der Waals surface area contributed by atoms with Gasteiger partial charge in [-0.2, -0.15) is 0 Å². The molecule has 4 nitrogen and oxygen atoms in total. The highest BCUT2D eigenvalue weighted by atomic mass is 16.5. The molecule has 0 fully saturated rings. The minimum atomic E-state index is -0.795. The summed E-state index contributed by atoms with van der Waals surface area (Å²) in [6.45, 7) is 0.401. The first-order valence-electron chi connectivity index (χ1n) is 6.69. The number of hydrogen-bond acceptors (Lipinski definition) is 3. The van der Waals surface area contributed by atoms with Gasteiger partial charge in [-0.15, -0.1) is 0 Å². The lowest BCUT2D eigenvalue weighted by molar-refractivity contribution is -0.138. The molecular formula is C15H21NO3. The SMILES string of the molecule is CN(C)C(COc1ccc2c(c1)CCC2)CC(=O)O. The van der Waals surface area contributed by atoms with Crippen molar-refractivity contribution in [2.75, 3.05) is 20.7 Å². The van der Waals surface area contributed by atoms with Gasteiger partial charge in [0.05, 0.1) is 12.5 Å². The Balaban J connectivity index is 1.95. The van der Waals surface area contributed by atoms with Gasteiger partial charge in [0.15, 0.2) is 0 Å². The fourth-order valence-corrected chi connectivity index (χ4v) is 2.42. The van der Waals surface area contributed by atoms with Gasteiger partial charge < -0.3 is 14.7 Å². The average molecular weight is 263 g/mol. The summed E-state index contributed by atoms with van der Waals surface area (Å²) in [7, 11) is 3.75. The van der Waals surface area contributed by atoms with Gasteiger partial charge >= 0.3 is 5.97 Å². The second-order valence-electron chi connectivity index (χ2n) is 5.31. The summed E-state index contributed by atoms with van der Waals surface area (Å²) in [5.74, 6) is 0.0501. The number of likely N-dealkylation sites (N-methyl/N-ethyl adjacent to an activating group) is 1. The zero-order valence-electron chi connectivity index (χ0n) is 11.6. The van der Waals surface area contributed by atoms with E-state index in [0.29, 0.717) is 6.61 Å². The lowest BCUT2D eigenvalue weighted by Crippen LogP contribution is -2.35. The van der Waals surface area contributed by atoms with E-state index in [1.54, 1.807) is 0 Å². The molecule has 104 valence electrons. The Morgan fingerprint density at radius 3 is 2.79 bits per heavy atom. The molecule has 1 aliphatic rings. The summed E-state index contributed by atoms with van der Waals surface area (Å²) in [6, 6.07) is 6.10. The molecule has 1 aliphatic carbocycles. The largest absolute Gasteiger partial charge is 0.492 e. The minimum Gasteiger partial charge on any atom is -0.492 e. The molecule has 0 heterocycles. The highest BCUT2D eigenvalue weighted by Crippen LogP contribution is 2.26. The Kier molecular flexibility index (Phi) is 4.43. The first-order valence-corrected chi connectivity index (χ1v) is 6.69. The molecule has 0 saturated carbocycles. The van der Waals surface area contributed by atoms with Crippen molar-refractivity contribution in [3.63, 3.8) is 0 Å². The molecule has 19 heavy (non-hydrogen) atoms. The van der Waals surface area contributed by atoms with Crippen LogP contribution in [0.25, 0.3) is 0 Å². The van der Waals surface area contributed by atoms with Crippen molar-refractivity contribution in [2.24, 2.45) is 0 Å². The van der Waals surface area contributed by atoms with E-state index in [-0.39, 0.29) is 12.5 Å². The number of nitrogens with zero attached hydrogens (tertiary/aromatic N) is 1. The molecule has 0 radical (unpaired) electrons. The van der Waals surface area contributed by atoms with Crippen LogP contribution >= 0.6 is 0 Å². The van der Waals surface area contributed by atoms with E-state index in [9.17, 15) is 4.79 Å². The molecule has 1 unspecified atom stereocenters. The first-order chi connectivity index (χ1) is 9.06. The fourth-order valence-electron chi connectivity index (χ4n) is 2.42.